The first-order valence-electron chi connectivity index (χ1n) is 9.57. The van der Waals surface area contributed by atoms with E-state index in [1.54, 1.807) is 54.7 Å². The summed E-state index contributed by atoms with van der Waals surface area (Å²) in [5.74, 6) is 0.582. The van der Waals surface area contributed by atoms with E-state index in [1.165, 1.54) is 18.3 Å². The Hall–Kier alpha value is -3.10. The molecule has 2 amide bonds. The number of nitrogens with one attached hydrogen (secondary N) is 2. The number of hydrogen-bond donors (Lipinski definition) is 2. The number of benzene rings is 2. The first-order chi connectivity index (χ1) is 14.9. The number of sulfone groups is 1. The Bertz CT molecular complexity index is 1120. The number of aromatic nitrogens is 1. The van der Waals surface area contributed by atoms with Crippen LogP contribution < -0.4 is 15.4 Å². The number of ether oxygens (including phenoxy) is 1. The minimum Gasteiger partial charge on any atom is -0.494 e. The number of hydrogen-bond acceptors (Lipinski definition) is 5. The van der Waals surface area contributed by atoms with Crippen molar-refractivity contribution in [2.75, 3.05) is 18.5 Å². The van der Waals surface area contributed by atoms with E-state index in [-0.39, 0.29) is 11.4 Å². The van der Waals surface area contributed by atoms with Gasteiger partial charge in [-0.1, -0.05) is 23.7 Å². The largest absolute Gasteiger partial charge is 0.494 e. The van der Waals surface area contributed by atoms with Crippen LogP contribution in [0.1, 0.15) is 17.7 Å². The number of carbonyl (C=O) groups excluding carboxylic acids is 1. The highest BCUT2D eigenvalue weighted by molar-refractivity contribution is 7.91. The third kappa shape index (κ3) is 5.96. The average Bonchev–Trinajstić information content (AvgIpc) is 2.75. The molecule has 1 heterocycles. The molecular formula is C22H22ClN3O4S. The van der Waals surface area contributed by atoms with Crippen molar-refractivity contribution >= 4 is 33.2 Å². The lowest BCUT2D eigenvalue weighted by Crippen LogP contribution is -2.35. The van der Waals surface area contributed by atoms with Crippen LogP contribution in [0, 0.1) is 0 Å². The van der Waals surface area contributed by atoms with Gasteiger partial charge in [-0.3, -0.25) is 4.98 Å². The predicted octanol–water partition coefficient (Wildman–Crippen LogP) is 4.47. The molecule has 3 aromatic rings. The second kappa shape index (κ2) is 10.3. The van der Waals surface area contributed by atoms with E-state index >= 15 is 0 Å². The van der Waals surface area contributed by atoms with Crippen LogP contribution in [0.25, 0.3) is 0 Å². The van der Waals surface area contributed by atoms with E-state index in [2.05, 4.69) is 15.6 Å². The van der Waals surface area contributed by atoms with Crippen LogP contribution in [0.4, 0.5) is 10.5 Å². The fourth-order valence-electron chi connectivity index (χ4n) is 2.96. The SMILES string of the molecule is CCOc1ccc(S(=O)(=O)C(CNC(=O)Nc2cccc(Cl)c2)c2cccnc2)cc1. The van der Waals surface area contributed by atoms with Crippen molar-refractivity contribution in [1.82, 2.24) is 10.3 Å². The highest BCUT2D eigenvalue weighted by Crippen LogP contribution is 2.29. The number of amides is 2. The van der Waals surface area contributed by atoms with Crippen LogP contribution in [0.5, 0.6) is 5.75 Å². The molecule has 0 saturated heterocycles. The molecule has 1 unspecified atom stereocenters. The lowest BCUT2D eigenvalue weighted by Gasteiger charge is -2.19. The summed E-state index contributed by atoms with van der Waals surface area (Å²) in [4.78, 5) is 16.5. The molecule has 2 aromatic carbocycles. The van der Waals surface area contributed by atoms with Crippen molar-refractivity contribution in [3.8, 4) is 5.75 Å². The topological polar surface area (TPSA) is 97.4 Å². The van der Waals surface area contributed by atoms with E-state index in [9.17, 15) is 13.2 Å². The first-order valence-corrected chi connectivity index (χ1v) is 11.5. The summed E-state index contributed by atoms with van der Waals surface area (Å²) in [6, 6.07) is 15.6. The van der Waals surface area contributed by atoms with Crippen LogP contribution in [0.15, 0.2) is 78.0 Å². The minimum atomic E-state index is -3.82. The maximum Gasteiger partial charge on any atom is 0.319 e. The second-order valence-corrected chi connectivity index (χ2v) is 9.14. The van der Waals surface area contributed by atoms with Crippen molar-refractivity contribution < 1.29 is 17.9 Å². The summed E-state index contributed by atoms with van der Waals surface area (Å²) in [7, 11) is -3.82. The summed E-state index contributed by atoms with van der Waals surface area (Å²) >= 11 is 5.93. The molecule has 2 N–H and O–H groups in total. The lowest BCUT2D eigenvalue weighted by molar-refractivity contribution is 0.252. The number of nitrogens with zero attached hydrogens (tertiary/aromatic N) is 1. The minimum absolute atomic E-state index is 0.127. The number of urea groups is 1. The third-order valence-corrected chi connectivity index (χ3v) is 6.78. The molecule has 7 nitrogen and oxygen atoms in total. The molecule has 0 saturated carbocycles. The van der Waals surface area contributed by atoms with Crippen molar-refractivity contribution in [3.05, 3.63) is 83.6 Å². The number of anilines is 1. The van der Waals surface area contributed by atoms with Crippen LogP contribution in [-0.2, 0) is 9.84 Å². The van der Waals surface area contributed by atoms with E-state index in [1.807, 2.05) is 6.92 Å². The Labute approximate surface area is 186 Å². The molecule has 1 aromatic heterocycles. The number of halogens is 1. The van der Waals surface area contributed by atoms with Crippen molar-refractivity contribution in [1.29, 1.82) is 0 Å². The molecule has 9 heteroatoms. The normalized spacial score (nSPS) is 12.1. The van der Waals surface area contributed by atoms with Crippen LogP contribution in [-0.4, -0.2) is 32.6 Å². The standard InChI is InChI=1S/C22H22ClN3O4S/c1-2-30-19-8-10-20(11-9-19)31(28,29)21(16-5-4-12-24-14-16)15-25-22(27)26-18-7-3-6-17(23)13-18/h3-14,21H,2,15H2,1H3,(H2,25,26,27). The highest BCUT2D eigenvalue weighted by atomic mass is 35.5. The van der Waals surface area contributed by atoms with Crippen LogP contribution in [0.3, 0.4) is 0 Å². The van der Waals surface area contributed by atoms with E-state index in [0.29, 0.717) is 28.6 Å². The van der Waals surface area contributed by atoms with Gasteiger partial charge in [-0.05, 0) is 61.0 Å². The average molecular weight is 460 g/mol. The van der Waals surface area contributed by atoms with Gasteiger partial charge in [0.05, 0.1) is 11.5 Å². The van der Waals surface area contributed by atoms with Gasteiger partial charge in [0, 0.05) is 29.6 Å². The fourth-order valence-corrected chi connectivity index (χ4v) is 4.79. The summed E-state index contributed by atoms with van der Waals surface area (Å²) < 4.78 is 32.1. The monoisotopic (exact) mass is 459 g/mol. The van der Waals surface area contributed by atoms with Crippen LogP contribution >= 0.6 is 11.6 Å². The van der Waals surface area contributed by atoms with E-state index in [4.69, 9.17) is 16.3 Å². The number of carbonyl (C=O) groups is 1. The van der Waals surface area contributed by atoms with Gasteiger partial charge in [-0.15, -0.1) is 0 Å². The van der Waals surface area contributed by atoms with Crippen LogP contribution in [0.2, 0.25) is 5.02 Å². The van der Waals surface area contributed by atoms with Gasteiger partial charge >= 0.3 is 6.03 Å². The zero-order valence-electron chi connectivity index (χ0n) is 16.8. The Kier molecular flexibility index (Phi) is 7.49. The molecule has 0 aliphatic heterocycles. The maximum absolute atomic E-state index is 13.4. The van der Waals surface area contributed by atoms with Gasteiger partial charge in [0.1, 0.15) is 11.0 Å². The Morgan fingerprint density at radius 3 is 2.55 bits per heavy atom. The maximum atomic E-state index is 13.4. The summed E-state index contributed by atoms with van der Waals surface area (Å²) in [6.07, 6.45) is 3.04. The first kappa shape index (κ1) is 22.6. The predicted molar refractivity (Wildman–Crippen MR) is 120 cm³/mol. The molecule has 0 aliphatic rings. The van der Waals surface area contributed by atoms with Crippen molar-refractivity contribution in [2.24, 2.45) is 0 Å². The Balaban J connectivity index is 1.80. The molecule has 0 fully saturated rings. The summed E-state index contributed by atoms with van der Waals surface area (Å²) in [5, 5.41) is 4.72. The highest BCUT2D eigenvalue weighted by Gasteiger charge is 2.30. The smallest absolute Gasteiger partial charge is 0.319 e. The van der Waals surface area contributed by atoms with Gasteiger partial charge in [0.2, 0.25) is 0 Å². The zero-order chi connectivity index (χ0) is 22.3. The molecular weight excluding hydrogens is 438 g/mol. The molecule has 3 rings (SSSR count). The Morgan fingerprint density at radius 1 is 1.13 bits per heavy atom. The zero-order valence-corrected chi connectivity index (χ0v) is 18.4. The third-order valence-electron chi connectivity index (χ3n) is 4.42. The van der Waals surface area contributed by atoms with Crippen molar-refractivity contribution in [2.45, 2.75) is 17.1 Å². The Morgan fingerprint density at radius 2 is 1.90 bits per heavy atom. The molecule has 31 heavy (non-hydrogen) atoms. The van der Waals surface area contributed by atoms with E-state index in [0.717, 1.165) is 0 Å². The molecule has 0 radical (unpaired) electrons. The fraction of sp³-hybridized carbons (Fsp3) is 0.182. The van der Waals surface area contributed by atoms with Gasteiger partial charge in [0.25, 0.3) is 0 Å². The molecule has 1 atom stereocenters. The van der Waals surface area contributed by atoms with Gasteiger partial charge in [-0.2, -0.15) is 0 Å². The summed E-state index contributed by atoms with van der Waals surface area (Å²) in [6.45, 7) is 2.19. The number of pyridine rings is 1. The molecule has 0 aliphatic carbocycles. The molecule has 0 bridgehead atoms. The summed E-state index contributed by atoms with van der Waals surface area (Å²) in [5.41, 5.74) is 0.969. The van der Waals surface area contributed by atoms with Gasteiger partial charge < -0.3 is 15.4 Å². The van der Waals surface area contributed by atoms with Gasteiger partial charge in [-0.25, -0.2) is 13.2 Å². The van der Waals surface area contributed by atoms with E-state index < -0.39 is 21.1 Å². The second-order valence-electron chi connectivity index (χ2n) is 6.57. The number of rotatable bonds is 8. The molecule has 162 valence electrons. The lowest BCUT2D eigenvalue weighted by atomic mass is 10.2. The van der Waals surface area contributed by atoms with Gasteiger partial charge in [0.15, 0.2) is 9.84 Å². The quantitative estimate of drug-likeness (QED) is 0.518. The van der Waals surface area contributed by atoms with Crippen molar-refractivity contribution in [3.63, 3.8) is 0 Å². The molecule has 0 spiro atoms.